The summed E-state index contributed by atoms with van der Waals surface area (Å²) < 4.78 is 5.43. The fraction of sp³-hybridized carbons (Fsp3) is 0.167. The van der Waals surface area contributed by atoms with Crippen LogP contribution in [0.1, 0.15) is 16.1 Å². The number of nitrogens with one attached hydrogen (secondary N) is 2. The van der Waals surface area contributed by atoms with Crippen LogP contribution >= 0.6 is 0 Å². The summed E-state index contributed by atoms with van der Waals surface area (Å²) in [5.74, 6) is 6.20. The zero-order valence-corrected chi connectivity index (χ0v) is 13.2. The number of aryl methyl sites for hydroxylation is 1. The van der Waals surface area contributed by atoms with Gasteiger partial charge in [-0.1, -0.05) is 11.8 Å². The van der Waals surface area contributed by atoms with Gasteiger partial charge in [0.05, 0.1) is 30.1 Å². The summed E-state index contributed by atoms with van der Waals surface area (Å²) >= 11 is 0. The number of hydrogen-bond donors (Lipinski definition) is 2. The molecule has 2 N–H and O–H groups in total. The molecule has 0 aliphatic rings. The first kappa shape index (κ1) is 15.6. The quantitative estimate of drug-likeness (QED) is 0.721. The molecule has 0 unspecified atom stereocenters. The Morgan fingerprint density at radius 3 is 3.00 bits per heavy atom. The van der Waals surface area contributed by atoms with E-state index in [1.54, 1.807) is 30.7 Å². The molecule has 2 aromatic heterocycles. The number of ether oxygens (including phenoxy) is 1. The van der Waals surface area contributed by atoms with Gasteiger partial charge in [-0.2, -0.15) is 0 Å². The molecule has 0 spiro atoms. The molecule has 2 heterocycles. The van der Waals surface area contributed by atoms with Crippen molar-refractivity contribution in [3.05, 3.63) is 54.1 Å². The highest BCUT2D eigenvalue weighted by atomic mass is 16.5. The predicted molar refractivity (Wildman–Crippen MR) is 90.7 cm³/mol. The van der Waals surface area contributed by atoms with E-state index in [0.29, 0.717) is 11.3 Å². The molecule has 120 valence electrons. The molecule has 3 rings (SSSR count). The second-order valence-corrected chi connectivity index (χ2v) is 5.09. The average Bonchev–Trinajstić information content (AvgIpc) is 3.07. The largest absolute Gasteiger partial charge is 0.479 e. The highest BCUT2D eigenvalue weighted by Gasteiger charge is 2.05. The number of hydrogen-bond acceptors (Lipinski definition) is 4. The second kappa shape index (κ2) is 7.29. The lowest BCUT2D eigenvalue weighted by Crippen LogP contribution is -2.23. The van der Waals surface area contributed by atoms with E-state index in [4.69, 9.17) is 4.74 Å². The number of H-pyrrole nitrogens is 1. The van der Waals surface area contributed by atoms with Crippen LogP contribution in [0.5, 0.6) is 5.75 Å². The minimum absolute atomic E-state index is 0.176. The summed E-state index contributed by atoms with van der Waals surface area (Å²) in [7, 11) is 0. The van der Waals surface area contributed by atoms with Crippen molar-refractivity contribution < 1.29 is 9.53 Å². The topological polar surface area (TPSA) is 79.9 Å². The minimum atomic E-state index is -0.176. The molecule has 1 aromatic carbocycles. The van der Waals surface area contributed by atoms with Crippen LogP contribution in [0.3, 0.4) is 0 Å². The first-order valence-corrected chi connectivity index (χ1v) is 7.45. The van der Waals surface area contributed by atoms with Crippen molar-refractivity contribution in [2.24, 2.45) is 0 Å². The van der Waals surface area contributed by atoms with Crippen molar-refractivity contribution in [1.29, 1.82) is 0 Å². The fourth-order valence-electron chi connectivity index (χ4n) is 2.08. The van der Waals surface area contributed by atoms with Gasteiger partial charge in [-0.05, 0) is 37.3 Å². The van der Waals surface area contributed by atoms with Gasteiger partial charge in [0, 0.05) is 11.3 Å². The van der Waals surface area contributed by atoms with Crippen LogP contribution in [0.4, 0.5) is 0 Å². The number of aromatic amines is 1. The third-order valence-electron chi connectivity index (χ3n) is 3.34. The van der Waals surface area contributed by atoms with Crippen LogP contribution < -0.4 is 10.1 Å². The standard InChI is InChI=1S/C18H16N4O2/c1-13-4-6-15(11-20-13)24-9-3-2-8-19-18(23)14-5-7-16-17(10-14)22-12-21-16/h4-7,10-12H,8-9H2,1H3,(H,19,23)(H,21,22). The Hall–Kier alpha value is -3.33. The Bertz CT molecular complexity index is 904. The molecule has 6 nitrogen and oxygen atoms in total. The normalized spacial score (nSPS) is 10.0. The summed E-state index contributed by atoms with van der Waals surface area (Å²) in [5, 5.41) is 2.75. The molecule has 0 aliphatic carbocycles. The zero-order chi connectivity index (χ0) is 16.8. The van der Waals surface area contributed by atoms with Gasteiger partial charge in [-0.3, -0.25) is 9.78 Å². The van der Waals surface area contributed by atoms with Crippen molar-refractivity contribution in [1.82, 2.24) is 20.3 Å². The maximum Gasteiger partial charge on any atom is 0.252 e. The molecule has 0 bridgehead atoms. The van der Waals surface area contributed by atoms with E-state index < -0.39 is 0 Å². The van der Waals surface area contributed by atoms with Crippen LogP contribution in [-0.2, 0) is 0 Å². The number of benzene rings is 1. The van der Waals surface area contributed by atoms with Crippen molar-refractivity contribution in [2.75, 3.05) is 13.2 Å². The first-order valence-electron chi connectivity index (χ1n) is 7.45. The molecule has 0 saturated carbocycles. The Morgan fingerprint density at radius 2 is 2.17 bits per heavy atom. The predicted octanol–water partition coefficient (Wildman–Crippen LogP) is 2.08. The maximum atomic E-state index is 12.0. The van der Waals surface area contributed by atoms with E-state index in [2.05, 4.69) is 32.1 Å². The van der Waals surface area contributed by atoms with Crippen molar-refractivity contribution in [2.45, 2.75) is 6.92 Å². The van der Waals surface area contributed by atoms with Gasteiger partial charge < -0.3 is 15.0 Å². The maximum absolute atomic E-state index is 12.0. The Kier molecular flexibility index (Phi) is 4.73. The third kappa shape index (κ3) is 3.90. The molecule has 0 radical (unpaired) electrons. The molecule has 6 heteroatoms. The lowest BCUT2D eigenvalue weighted by Gasteiger charge is -2.02. The summed E-state index contributed by atoms with van der Waals surface area (Å²) in [5.41, 5.74) is 3.16. The molecule has 0 fully saturated rings. The zero-order valence-electron chi connectivity index (χ0n) is 13.2. The van der Waals surface area contributed by atoms with E-state index in [9.17, 15) is 4.79 Å². The number of carbonyl (C=O) groups excluding carboxylic acids is 1. The fourth-order valence-corrected chi connectivity index (χ4v) is 2.08. The summed E-state index contributed by atoms with van der Waals surface area (Å²) in [6.45, 7) is 2.42. The molecule has 0 aliphatic heterocycles. The lowest BCUT2D eigenvalue weighted by atomic mass is 10.2. The summed E-state index contributed by atoms with van der Waals surface area (Å²) in [6, 6.07) is 9.02. The van der Waals surface area contributed by atoms with E-state index in [1.165, 1.54) is 0 Å². The number of amides is 1. The SMILES string of the molecule is Cc1ccc(OCC#CCNC(=O)c2ccc3nc[nH]c3c2)cn1. The third-order valence-corrected chi connectivity index (χ3v) is 3.34. The Balaban J connectivity index is 1.46. The number of fused-ring (bicyclic) bond motifs is 1. The van der Waals surface area contributed by atoms with Crippen molar-refractivity contribution >= 4 is 16.9 Å². The van der Waals surface area contributed by atoms with Gasteiger partial charge in [0.2, 0.25) is 0 Å². The monoisotopic (exact) mass is 320 g/mol. The number of pyridine rings is 1. The molecule has 3 aromatic rings. The van der Waals surface area contributed by atoms with Crippen LogP contribution in [-0.4, -0.2) is 34.0 Å². The van der Waals surface area contributed by atoms with Gasteiger partial charge in [0.15, 0.2) is 0 Å². The van der Waals surface area contributed by atoms with Gasteiger partial charge in [0.1, 0.15) is 12.4 Å². The van der Waals surface area contributed by atoms with E-state index in [-0.39, 0.29) is 19.1 Å². The van der Waals surface area contributed by atoms with Gasteiger partial charge in [-0.25, -0.2) is 4.98 Å². The molecule has 1 amide bonds. The number of carbonyl (C=O) groups is 1. The van der Waals surface area contributed by atoms with Crippen LogP contribution in [0.25, 0.3) is 11.0 Å². The van der Waals surface area contributed by atoms with Gasteiger partial charge in [-0.15, -0.1) is 0 Å². The molecule has 24 heavy (non-hydrogen) atoms. The van der Waals surface area contributed by atoms with Gasteiger partial charge >= 0.3 is 0 Å². The molecular weight excluding hydrogens is 304 g/mol. The smallest absolute Gasteiger partial charge is 0.252 e. The van der Waals surface area contributed by atoms with Crippen LogP contribution in [0, 0.1) is 18.8 Å². The first-order chi connectivity index (χ1) is 11.7. The lowest BCUT2D eigenvalue weighted by molar-refractivity contribution is 0.0959. The van der Waals surface area contributed by atoms with E-state index in [0.717, 1.165) is 16.7 Å². The summed E-state index contributed by atoms with van der Waals surface area (Å²) in [6.07, 6.45) is 3.26. The van der Waals surface area contributed by atoms with E-state index >= 15 is 0 Å². The van der Waals surface area contributed by atoms with Crippen molar-refractivity contribution in [3.8, 4) is 17.6 Å². The average molecular weight is 320 g/mol. The number of aromatic nitrogens is 3. The Labute approximate surface area is 139 Å². The van der Waals surface area contributed by atoms with Gasteiger partial charge in [0.25, 0.3) is 5.91 Å². The second-order valence-electron chi connectivity index (χ2n) is 5.09. The minimum Gasteiger partial charge on any atom is -0.479 e. The van der Waals surface area contributed by atoms with Crippen LogP contribution in [0.2, 0.25) is 0 Å². The van der Waals surface area contributed by atoms with E-state index in [1.807, 2.05) is 19.1 Å². The molecule has 0 saturated heterocycles. The molecule has 0 atom stereocenters. The Morgan fingerprint density at radius 1 is 1.25 bits per heavy atom. The number of rotatable bonds is 4. The molecular formula is C18H16N4O2. The highest BCUT2D eigenvalue weighted by Crippen LogP contribution is 2.11. The van der Waals surface area contributed by atoms with Crippen LogP contribution in [0.15, 0.2) is 42.9 Å². The summed E-state index contributed by atoms with van der Waals surface area (Å²) in [4.78, 5) is 23.3. The number of imidazole rings is 1. The van der Waals surface area contributed by atoms with Crippen molar-refractivity contribution in [3.63, 3.8) is 0 Å². The number of nitrogens with zero attached hydrogens (tertiary/aromatic N) is 2. The highest BCUT2D eigenvalue weighted by molar-refractivity contribution is 5.97.